The molecule has 0 spiro atoms. The second-order valence-electron chi connectivity index (χ2n) is 6.26. The van der Waals surface area contributed by atoms with Crippen LogP contribution in [0, 0.1) is 5.41 Å². The van der Waals surface area contributed by atoms with Crippen LogP contribution in [0.5, 0.6) is 11.5 Å². The predicted molar refractivity (Wildman–Crippen MR) is 86.9 cm³/mol. The molecule has 0 bridgehead atoms. The zero-order chi connectivity index (χ0) is 15.3. The van der Waals surface area contributed by atoms with Gasteiger partial charge in [-0.05, 0) is 49.8 Å². The first-order chi connectivity index (χ1) is 10.1. The van der Waals surface area contributed by atoms with E-state index in [1.54, 1.807) is 0 Å². The van der Waals surface area contributed by atoms with E-state index < -0.39 is 0 Å². The average Bonchev–Trinajstić information content (AvgIpc) is 2.49. The maximum absolute atomic E-state index is 6.60. The molecular formula is C18H29NO2. The van der Waals surface area contributed by atoms with E-state index >= 15 is 0 Å². The number of ether oxygens (including phenoxy) is 2. The van der Waals surface area contributed by atoms with Gasteiger partial charge in [0.1, 0.15) is 0 Å². The minimum absolute atomic E-state index is 0.0627. The maximum atomic E-state index is 6.60. The predicted octanol–water partition coefficient (Wildman–Crippen LogP) is 4.45. The number of hydrogen-bond acceptors (Lipinski definition) is 3. The van der Waals surface area contributed by atoms with E-state index in [0.717, 1.165) is 17.1 Å². The molecule has 2 N–H and O–H groups in total. The van der Waals surface area contributed by atoms with Crippen LogP contribution in [0.2, 0.25) is 0 Å². The first-order valence-electron chi connectivity index (χ1n) is 8.26. The smallest absolute Gasteiger partial charge is 0.161 e. The molecule has 3 nitrogen and oxygen atoms in total. The molecule has 0 aromatic heterocycles. The molecule has 1 aliphatic rings. The molecule has 3 heteroatoms. The zero-order valence-corrected chi connectivity index (χ0v) is 13.7. The summed E-state index contributed by atoms with van der Waals surface area (Å²) in [7, 11) is 0. The van der Waals surface area contributed by atoms with E-state index in [2.05, 4.69) is 19.1 Å². The first kappa shape index (κ1) is 16.2. The summed E-state index contributed by atoms with van der Waals surface area (Å²) >= 11 is 0. The van der Waals surface area contributed by atoms with Gasteiger partial charge in [-0.25, -0.2) is 0 Å². The van der Waals surface area contributed by atoms with Gasteiger partial charge in [-0.3, -0.25) is 0 Å². The van der Waals surface area contributed by atoms with Crippen molar-refractivity contribution in [2.24, 2.45) is 11.1 Å². The molecule has 1 aromatic rings. The van der Waals surface area contributed by atoms with Gasteiger partial charge < -0.3 is 15.2 Å². The van der Waals surface area contributed by atoms with Crippen molar-refractivity contribution in [3.63, 3.8) is 0 Å². The second-order valence-corrected chi connectivity index (χ2v) is 6.26. The Balaban J connectivity index is 2.24. The van der Waals surface area contributed by atoms with E-state index in [4.69, 9.17) is 15.2 Å². The van der Waals surface area contributed by atoms with Crippen molar-refractivity contribution in [3.8, 4) is 11.5 Å². The molecule has 1 unspecified atom stereocenters. The minimum atomic E-state index is 0.0627. The summed E-state index contributed by atoms with van der Waals surface area (Å²) in [5.74, 6) is 1.62. The maximum Gasteiger partial charge on any atom is 0.161 e. The molecular weight excluding hydrogens is 262 g/mol. The molecule has 2 rings (SSSR count). The standard InChI is InChI=1S/C18H29NO2/c1-4-20-15-10-9-14(13-16(15)21-5-2)17(19)18(3)11-7-6-8-12-18/h9-10,13,17H,4-8,11-12,19H2,1-3H3. The molecule has 0 aliphatic heterocycles. The SMILES string of the molecule is CCOc1ccc(C(N)C2(C)CCCCC2)cc1OCC. The largest absolute Gasteiger partial charge is 0.490 e. The molecule has 1 atom stereocenters. The molecule has 1 saturated carbocycles. The van der Waals surface area contributed by atoms with Gasteiger partial charge >= 0.3 is 0 Å². The van der Waals surface area contributed by atoms with Crippen molar-refractivity contribution in [1.82, 2.24) is 0 Å². The molecule has 118 valence electrons. The zero-order valence-electron chi connectivity index (χ0n) is 13.7. The highest BCUT2D eigenvalue weighted by Gasteiger charge is 2.34. The first-order valence-corrected chi connectivity index (χ1v) is 8.26. The fourth-order valence-electron chi connectivity index (χ4n) is 3.33. The van der Waals surface area contributed by atoms with Gasteiger partial charge in [-0.2, -0.15) is 0 Å². The van der Waals surface area contributed by atoms with Crippen LogP contribution in [-0.2, 0) is 0 Å². The summed E-state index contributed by atoms with van der Waals surface area (Å²) in [4.78, 5) is 0. The van der Waals surface area contributed by atoms with Gasteiger partial charge in [-0.15, -0.1) is 0 Å². The van der Waals surface area contributed by atoms with Crippen LogP contribution < -0.4 is 15.2 Å². The minimum Gasteiger partial charge on any atom is -0.490 e. The van der Waals surface area contributed by atoms with Gasteiger partial charge in [0.05, 0.1) is 13.2 Å². The van der Waals surface area contributed by atoms with E-state index in [1.165, 1.54) is 32.1 Å². The number of hydrogen-bond donors (Lipinski definition) is 1. The lowest BCUT2D eigenvalue weighted by atomic mass is 9.69. The summed E-state index contributed by atoms with van der Waals surface area (Å²) < 4.78 is 11.3. The third-order valence-corrected chi connectivity index (χ3v) is 4.67. The van der Waals surface area contributed by atoms with Gasteiger partial charge in [0, 0.05) is 6.04 Å². The Bertz CT molecular complexity index is 453. The number of rotatable bonds is 6. The summed E-state index contributed by atoms with van der Waals surface area (Å²) in [5.41, 5.74) is 7.96. The summed E-state index contributed by atoms with van der Waals surface area (Å²) in [5, 5.41) is 0. The molecule has 1 fully saturated rings. The van der Waals surface area contributed by atoms with Gasteiger partial charge in [-0.1, -0.05) is 32.3 Å². The third kappa shape index (κ3) is 3.70. The van der Waals surface area contributed by atoms with Crippen LogP contribution in [-0.4, -0.2) is 13.2 Å². The fourth-order valence-corrected chi connectivity index (χ4v) is 3.33. The molecule has 0 saturated heterocycles. The molecule has 1 aromatic carbocycles. The molecule has 21 heavy (non-hydrogen) atoms. The quantitative estimate of drug-likeness (QED) is 0.842. The Morgan fingerprint density at radius 1 is 1.05 bits per heavy atom. The lowest BCUT2D eigenvalue weighted by Crippen LogP contribution is -2.33. The van der Waals surface area contributed by atoms with Crippen LogP contribution in [0.1, 0.15) is 64.5 Å². The van der Waals surface area contributed by atoms with Gasteiger partial charge in [0.15, 0.2) is 11.5 Å². The van der Waals surface area contributed by atoms with E-state index in [1.807, 2.05) is 19.9 Å². The second kappa shape index (κ2) is 7.17. The third-order valence-electron chi connectivity index (χ3n) is 4.67. The van der Waals surface area contributed by atoms with Crippen LogP contribution in [0.25, 0.3) is 0 Å². The topological polar surface area (TPSA) is 44.5 Å². The molecule has 0 radical (unpaired) electrons. The summed E-state index contributed by atoms with van der Waals surface area (Å²) in [6.45, 7) is 7.58. The highest BCUT2D eigenvalue weighted by Crippen LogP contribution is 2.45. The van der Waals surface area contributed by atoms with Gasteiger partial charge in [0.25, 0.3) is 0 Å². The Morgan fingerprint density at radius 2 is 1.67 bits per heavy atom. The van der Waals surface area contributed by atoms with Crippen molar-refractivity contribution in [2.45, 2.75) is 58.9 Å². The van der Waals surface area contributed by atoms with Crippen molar-refractivity contribution in [2.75, 3.05) is 13.2 Å². The number of nitrogens with two attached hydrogens (primary N) is 1. The normalized spacial score (nSPS) is 19.0. The Labute approximate surface area is 128 Å². The lowest BCUT2D eigenvalue weighted by Gasteiger charge is -2.39. The summed E-state index contributed by atoms with van der Waals surface area (Å²) in [6, 6.07) is 6.22. The average molecular weight is 291 g/mol. The van der Waals surface area contributed by atoms with Crippen molar-refractivity contribution in [1.29, 1.82) is 0 Å². The van der Waals surface area contributed by atoms with Crippen LogP contribution >= 0.6 is 0 Å². The van der Waals surface area contributed by atoms with Crippen LogP contribution in [0.15, 0.2) is 18.2 Å². The van der Waals surface area contributed by atoms with Crippen molar-refractivity contribution >= 4 is 0 Å². The highest BCUT2D eigenvalue weighted by atomic mass is 16.5. The van der Waals surface area contributed by atoms with E-state index in [-0.39, 0.29) is 11.5 Å². The number of benzene rings is 1. The van der Waals surface area contributed by atoms with Gasteiger partial charge in [0.2, 0.25) is 0 Å². The lowest BCUT2D eigenvalue weighted by molar-refractivity contribution is 0.170. The Hall–Kier alpha value is -1.22. The van der Waals surface area contributed by atoms with Crippen molar-refractivity contribution in [3.05, 3.63) is 23.8 Å². The molecule has 0 amide bonds. The fraction of sp³-hybridized carbons (Fsp3) is 0.667. The Kier molecular flexibility index (Phi) is 5.51. The monoisotopic (exact) mass is 291 g/mol. The van der Waals surface area contributed by atoms with E-state index in [9.17, 15) is 0 Å². The summed E-state index contributed by atoms with van der Waals surface area (Å²) in [6.07, 6.45) is 6.35. The molecule has 1 aliphatic carbocycles. The Morgan fingerprint density at radius 3 is 2.29 bits per heavy atom. The van der Waals surface area contributed by atoms with Crippen LogP contribution in [0.4, 0.5) is 0 Å². The van der Waals surface area contributed by atoms with Crippen LogP contribution in [0.3, 0.4) is 0 Å². The molecule has 0 heterocycles. The highest BCUT2D eigenvalue weighted by molar-refractivity contribution is 5.44. The van der Waals surface area contributed by atoms with E-state index in [0.29, 0.717) is 13.2 Å². The van der Waals surface area contributed by atoms with Crippen molar-refractivity contribution < 1.29 is 9.47 Å².